The second-order valence-electron chi connectivity index (χ2n) is 6.27. The third kappa shape index (κ3) is 3.68. The number of amides is 1. The van der Waals surface area contributed by atoms with Crippen LogP contribution >= 0.6 is 11.6 Å². The first-order valence-corrected chi connectivity index (χ1v) is 8.97. The largest absolute Gasteiger partial charge is 0.421 e. The predicted octanol–water partition coefficient (Wildman–Crippen LogP) is 4.01. The van der Waals surface area contributed by atoms with Crippen molar-refractivity contribution in [2.45, 2.75) is 6.92 Å². The molecule has 8 heteroatoms. The number of benzene rings is 2. The summed E-state index contributed by atoms with van der Waals surface area (Å²) < 4.78 is 5.33. The number of carbonyl (C=O) groups is 2. The monoisotopic (exact) mass is 407 g/mol. The SMILES string of the molecule is CC1=CC2=NC(=O)/C(=C\c3ccc(OC(=O)c4ccccc4)c(Cl)c3)C(=N)N2O1. The molecule has 0 spiro atoms. The molecular weight excluding hydrogens is 394 g/mol. The molecule has 0 unspecified atom stereocenters. The number of halogens is 1. The number of hydrogen-bond donors (Lipinski definition) is 1. The van der Waals surface area contributed by atoms with E-state index in [2.05, 4.69) is 4.99 Å². The summed E-state index contributed by atoms with van der Waals surface area (Å²) in [6, 6.07) is 13.2. The van der Waals surface area contributed by atoms with Gasteiger partial charge in [-0.2, -0.15) is 4.99 Å². The highest BCUT2D eigenvalue weighted by molar-refractivity contribution is 6.33. The summed E-state index contributed by atoms with van der Waals surface area (Å²) >= 11 is 6.24. The number of ether oxygens (including phenoxy) is 1. The number of hydrogen-bond acceptors (Lipinski definition) is 5. The van der Waals surface area contributed by atoms with Gasteiger partial charge in [0.15, 0.2) is 11.7 Å². The lowest BCUT2D eigenvalue weighted by Gasteiger charge is -2.23. The summed E-state index contributed by atoms with van der Waals surface area (Å²) in [4.78, 5) is 33.8. The molecule has 7 nitrogen and oxygen atoms in total. The van der Waals surface area contributed by atoms with Crippen LogP contribution in [0.2, 0.25) is 5.02 Å². The van der Waals surface area contributed by atoms with Gasteiger partial charge >= 0.3 is 5.97 Å². The number of fused-ring (bicyclic) bond motifs is 1. The molecule has 2 aromatic carbocycles. The molecule has 0 bridgehead atoms. The van der Waals surface area contributed by atoms with Gasteiger partial charge in [-0.1, -0.05) is 35.9 Å². The number of nitrogens with zero attached hydrogens (tertiary/aromatic N) is 2. The Bertz CT molecular complexity index is 1140. The number of esters is 1. The van der Waals surface area contributed by atoms with Gasteiger partial charge in [-0.05, 0) is 42.8 Å². The minimum Gasteiger partial charge on any atom is -0.421 e. The zero-order chi connectivity index (χ0) is 20.5. The van der Waals surface area contributed by atoms with Gasteiger partial charge in [-0.3, -0.25) is 10.2 Å². The Morgan fingerprint density at radius 3 is 2.72 bits per heavy atom. The van der Waals surface area contributed by atoms with Crippen LogP contribution in [-0.4, -0.2) is 28.6 Å². The standard InChI is InChI=1S/C21H14ClN3O4/c1-12-9-18-24-20(26)15(19(23)25(18)29-12)10-13-7-8-17(16(22)11-13)28-21(27)14-5-3-2-4-6-14/h2-11,23H,1H3/b15-10-,23-19?. The first-order chi connectivity index (χ1) is 13.9. The third-order valence-corrected chi connectivity index (χ3v) is 4.45. The van der Waals surface area contributed by atoms with Crippen LogP contribution < -0.4 is 4.74 Å². The van der Waals surface area contributed by atoms with Gasteiger partial charge in [0.1, 0.15) is 11.5 Å². The topological polar surface area (TPSA) is 92.0 Å². The minimum atomic E-state index is -0.550. The second kappa shape index (κ2) is 7.37. The highest BCUT2D eigenvalue weighted by Crippen LogP contribution is 2.29. The summed E-state index contributed by atoms with van der Waals surface area (Å²) in [5, 5.41) is 9.60. The normalized spacial score (nSPS) is 16.9. The van der Waals surface area contributed by atoms with Crippen molar-refractivity contribution in [2.75, 3.05) is 0 Å². The fourth-order valence-corrected chi connectivity index (χ4v) is 3.02. The van der Waals surface area contributed by atoms with E-state index in [1.165, 1.54) is 23.3 Å². The Morgan fingerprint density at radius 2 is 2.00 bits per heavy atom. The Morgan fingerprint density at radius 1 is 1.24 bits per heavy atom. The number of amidine groups is 2. The van der Waals surface area contributed by atoms with Crippen LogP contribution in [0.5, 0.6) is 5.75 Å². The fraction of sp³-hybridized carbons (Fsp3) is 0.0476. The lowest BCUT2D eigenvalue weighted by molar-refractivity contribution is -0.114. The van der Waals surface area contributed by atoms with Crippen molar-refractivity contribution in [3.63, 3.8) is 0 Å². The molecular formula is C21H14ClN3O4. The van der Waals surface area contributed by atoms with E-state index in [-0.39, 0.29) is 28.0 Å². The van der Waals surface area contributed by atoms with Gasteiger partial charge in [0.25, 0.3) is 5.91 Å². The van der Waals surface area contributed by atoms with E-state index in [0.29, 0.717) is 16.9 Å². The van der Waals surface area contributed by atoms with E-state index >= 15 is 0 Å². The number of carbonyl (C=O) groups excluding carboxylic acids is 2. The van der Waals surface area contributed by atoms with E-state index in [0.717, 1.165) is 0 Å². The highest BCUT2D eigenvalue weighted by Gasteiger charge is 2.34. The van der Waals surface area contributed by atoms with Crippen molar-refractivity contribution in [3.05, 3.63) is 82.1 Å². The van der Waals surface area contributed by atoms with Gasteiger partial charge in [0.2, 0.25) is 0 Å². The average Bonchev–Trinajstić information content (AvgIpc) is 3.08. The molecule has 2 aromatic rings. The van der Waals surface area contributed by atoms with Crippen molar-refractivity contribution in [3.8, 4) is 5.75 Å². The summed E-state index contributed by atoms with van der Waals surface area (Å²) in [6.07, 6.45) is 3.06. The molecule has 29 heavy (non-hydrogen) atoms. The van der Waals surface area contributed by atoms with Gasteiger partial charge in [0, 0.05) is 6.08 Å². The Labute approximate surface area is 171 Å². The van der Waals surface area contributed by atoms with Crippen LogP contribution in [0.15, 0.2) is 70.9 Å². The van der Waals surface area contributed by atoms with Crippen LogP contribution in [0, 0.1) is 5.41 Å². The van der Waals surface area contributed by atoms with Gasteiger partial charge < -0.3 is 9.57 Å². The fourth-order valence-electron chi connectivity index (χ4n) is 2.79. The summed E-state index contributed by atoms with van der Waals surface area (Å²) in [6.45, 7) is 1.71. The minimum absolute atomic E-state index is 0.0574. The van der Waals surface area contributed by atoms with Crippen LogP contribution in [0.3, 0.4) is 0 Å². The van der Waals surface area contributed by atoms with Gasteiger partial charge in [0.05, 0.1) is 16.2 Å². The Hall–Kier alpha value is -3.71. The number of rotatable bonds is 3. The number of nitrogens with one attached hydrogen (secondary N) is 1. The van der Waals surface area contributed by atoms with E-state index in [4.69, 9.17) is 26.6 Å². The van der Waals surface area contributed by atoms with Crippen molar-refractivity contribution in [1.29, 1.82) is 5.41 Å². The van der Waals surface area contributed by atoms with Crippen LogP contribution in [0.25, 0.3) is 6.08 Å². The van der Waals surface area contributed by atoms with E-state index < -0.39 is 11.9 Å². The molecule has 1 N–H and O–H groups in total. The first-order valence-electron chi connectivity index (χ1n) is 8.59. The zero-order valence-electron chi connectivity index (χ0n) is 15.2. The van der Waals surface area contributed by atoms with E-state index in [1.807, 2.05) is 0 Å². The Balaban J connectivity index is 1.56. The van der Waals surface area contributed by atoms with Crippen LogP contribution in [-0.2, 0) is 9.63 Å². The molecule has 0 radical (unpaired) electrons. The molecule has 2 heterocycles. The summed E-state index contributed by atoms with van der Waals surface area (Å²) in [5.74, 6) is -0.198. The Kier molecular flexibility index (Phi) is 4.74. The van der Waals surface area contributed by atoms with Crippen LogP contribution in [0.1, 0.15) is 22.8 Å². The quantitative estimate of drug-likeness (QED) is 0.471. The number of allylic oxidation sites excluding steroid dienone is 1. The number of hydroxylamine groups is 2. The smallest absolute Gasteiger partial charge is 0.343 e. The third-order valence-electron chi connectivity index (χ3n) is 4.16. The maximum Gasteiger partial charge on any atom is 0.343 e. The summed E-state index contributed by atoms with van der Waals surface area (Å²) in [7, 11) is 0. The maximum absolute atomic E-state index is 12.3. The number of aliphatic imine (C=N–C) groups is 1. The van der Waals surface area contributed by atoms with Crippen molar-refractivity contribution >= 4 is 41.2 Å². The molecule has 0 aromatic heterocycles. The van der Waals surface area contributed by atoms with Crippen molar-refractivity contribution in [2.24, 2.45) is 4.99 Å². The van der Waals surface area contributed by atoms with Crippen molar-refractivity contribution in [1.82, 2.24) is 5.06 Å². The van der Waals surface area contributed by atoms with Crippen molar-refractivity contribution < 1.29 is 19.2 Å². The molecule has 144 valence electrons. The summed E-state index contributed by atoms with van der Waals surface area (Å²) in [5.41, 5.74) is 1.01. The molecule has 0 saturated carbocycles. The maximum atomic E-state index is 12.3. The lowest BCUT2D eigenvalue weighted by Crippen LogP contribution is -2.38. The predicted molar refractivity (Wildman–Crippen MR) is 108 cm³/mol. The average molecular weight is 408 g/mol. The molecule has 1 amide bonds. The van der Waals surface area contributed by atoms with Crippen LogP contribution in [0.4, 0.5) is 0 Å². The molecule has 4 rings (SSSR count). The molecule has 2 aliphatic heterocycles. The van der Waals surface area contributed by atoms with Gasteiger partial charge in [-0.15, -0.1) is 5.06 Å². The second-order valence-corrected chi connectivity index (χ2v) is 6.68. The molecule has 0 atom stereocenters. The van der Waals surface area contributed by atoms with Gasteiger partial charge in [-0.25, -0.2) is 4.79 Å². The first kappa shape index (κ1) is 18.6. The van der Waals surface area contributed by atoms with E-state index in [9.17, 15) is 9.59 Å². The molecule has 0 saturated heterocycles. The lowest BCUT2D eigenvalue weighted by atomic mass is 10.1. The molecule has 0 aliphatic carbocycles. The van der Waals surface area contributed by atoms with E-state index in [1.54, 1.807) is 49.4 Å². The molecule has 0 fully saturated rings. The zero-order valence-corrected chi connectivity index (χ0v) is 15.9. The highest BCUT2D eigenvalue weighted by atomic mass is 35.5. The molecule has 2 aliphatic rings.